The molecule has 0 aromatic heterocycles. The summed E-state index contributed by atoms with van der Waals surface area (Å²) < 4.78 is 61.6. The maximum atomic E-state index is 12.6. The van der Waals surface area contributed by atoms with Crippen LogP contribution in [0.3, 0.4) is 0 Å². The van der Waals surface area contributed by atoms with Crippen molar-refractivity contribution in [1.29, 1.82) is 10.5 Å². The molecule has 0 atom stereocenters. The van der Waals surface area contributed by atoms with E-state index in [9.17, 15) is 63.2 Å². The van der Waals surface area contributed by atoms with Gasteiger partial charge in [0.25, 0.3) is 0 Å². The van der Waals surface area contributed by atoms with Gasteiger partial charge in [-0.25, -0.2) is 14.0 Å². The third-order valence-electron chi connectivity index (χ3n) is 8.02. The number of rotatable bonds is 10. The van der Waals surface area contributed by atoms with Crippen LogP contribution in [-0.4, -0.2) is 96.8 Å². The molecule has 0 saturated heterocycles. The monoisotopic (exact) mass is 1660 g/mol. The first-order valence-electron chi connectivity index (χ1n) is 26.6. The van der Waals surface area contributed by atoms with Gasteiger partial charge >= 0.3 is 81.3 Å². The van der Waals surface area contributed by atoms with Crippen molar-refractivity contribution in [2.24, 2.45) is 0 Å². The molecule has 6 aromatic carbocycles. The van der Waals surface area contributed by atoms with Crippen molar-refractivity contribution in [2.75, 3.05) is 61.3 Å². The zero-order chi connectivity index (χ0) is 74.8. The van der Waals surface area contributed by atoms with Crippen molar-refractivity contribution in [3.8, 4) is 29.1 Å². The number of ether oxygens (including phenoxy) is 4. The first-order chi connectivity index (χ1) is 43.8. The molecular weight excluding hydrogens is 1560 g/mol. The number of carbonyl (C=O) groups is 2. The summed E-state index contributed by atoms with van der Waals surface area (Å²) in [6, 6.07) is 26.2. The number of aliphatic hydroxyl groups excluding tert-OH is 1. The largest absolute Gasteiger partial charge is 1.00 e. The fraction of sp³-hybridized carbons (Fsp3) is 0.355. The number of carboxylic acids is 2. The maximum absolute atomic E-state index is 12.6. The van der Waals surface area contributed by atoms with Crippen molar-refractivity contribution >= 4 is 106 Å². The van der Waals surface area contributed by atoms with E-state index in [1.165, 1.54) is 89.1 Å². The molecule has 0 unspecified atom stereocenters. The average molecular weight is 1660 g/mol. The standard InChI is InChI=1S/C8H6N2O3.C8H7NO5.C8H9NO3.C7H6BrNO3.C6H3BrFNO2.C6H5BrFN.6C2H6.CH3F.CN.CH4O.CH3O.3CH4.ClH.Cu.Na/c1-13-8-4-6(5-9)2-3-7(8)10(11)12;1-14-7-4-5(8(10)11)2-3-6(7)9(12)13;1-12-7-4-5(8(10)11)2-3-6(7)9;1-12-7-4-5(8)2-3-6(7)9(10)11;7-4-1-2-6(9(10)11)5(8)3-4;7-4-1-2-6(9)5(8)3-4;10*1-2;;;;;;/h2-4H,1H3;2-4H,1H3,(H,10,11);2-4H,9H2,1H3,(H,10,11);2-4H,1H3;1-3H;1-3H,9H2;6*1-2H3;1H3;;2H,1H3;1H3;3*1H4;1H;;/q;;;;;;;;;;;;;-1;;-1;;;;;2*+1/i;;;;;;;;;;;;1D;;;;;;;;;. The number of nitriles is 1. The van der Waals surface area contributed by atoms with Gasteiger partial charge in [0.15, 0.2) is 17.2 Å². The van der Waals surface area contributed by atoms with E-state index in [1.807, 2.05) is 89.2 Å². The first-order valence-corrected chi connectivity index (χ1v) is 28.3. The van der Waals surface area contributed by atoms with Crippen LogP contribution in [0, 0.1) is 75.3 Å². The Bertz CT molecular complexity index is 3060. The Kier molecular flexibility index (Phi) is 115. The molecule has 0 radical (unpaired) electrons. The molecule has 6 rings (SSSR count). The van der Waals surface area contributed by atoms with E-state index in [0.717, 1.165) is 49.0 Å². The van der Waals surface area contributed by atoms with Crippen molar-refractivity contribution in [2.45, 2.75) is 105 Å². The maximum Gasteiger partial charge on any atom is 1.00 e. The SMILES string of the molecule is C.C.C.CC.CC.CC.CC.CC.CC.CO.COc1cc(Br)ccc1[N+](=O)[O-].COc1cc(C#N)ccc1[N+](=O)[O-].COc1cc(C(=O)O)ccc1N.COc1cc(C(=O)O)ccc1[N+](=O)[O-].C[O-].Cl.Nc1ccc(Br)cc1F.O=[N+]([O-])c1ccc(Br)cc1F.[2H]CF.[C-]#N.[Cu+].[Na+]. The van der Waals surface area contributed by atoms with Gasteiger partial charge in [0, 0.05) is 63.0 Å². The number of benzene rings is 6. The van der Waals surface area contributed by atoms with E-state index in [1.54, 1.807) is 18.2 Å². The van der Waals surface area contributed by atoms with Crippen LogP contribution in [0.5, 0.6) is 23.0 Å². The van der Waals surface area contributed by atoms with Crippen molar-refractivity contribution < 1.29 is 130 Å². The summed E-state index contributed by atoms with van der Waals surface area (Å²) in [5.41, 5.74) is 10.8. The molecular formula is C62H95Br3ClCuF3N8NaO18. The molecule has 26 nitrogen and oxygen atoms in total. The molecule has 0 aliphatic rings. The van der Waals surface area contributed by atoms with Crippen LogP contribution in [-0.2, 0) is 17.1 Å². The van der Waals surface area contributed by atoms with Crippen molar-refractivity contribution in [3.63, 3.8) is 0 Å². The van der Waals surface area contributed by atoms with Crippen LogP contribution >= 0.6 is 60.2 Å². The predicted molar refractivity (Wildman–Crippen MR) is 384 cm³/mol. The Morgan fingerprint density at radius 3 is 1.04 bits per heavy atom. The zero-order valence-electron chi connectivity index (χ0n) is 56.4. The molecule has 7 N–H and O–H groups in total. The molecule has 6 aromatic rings. The van der Waals surface area contributed by atoms with Crippen LogP contribution in [0.1, 0.15) is 133 Å². The van der Waals surface area contributed by atoms with Crippen LogP contribution in [0.2, 0.25) is 0 Å². The predicted octanol–water partition coefficient (Wildman–Crippen LogP) is 15.5. The summed E-state index contributed by atoms with van der Waals surface area (Å²) in [6.07, 6.45) is 0. The minimum atomic E-state index is -1.15. The molecule has 552 valence electrons. The average Bonchev–Trinajstić information content (AvgIpc) is 1.15. The topological polar surface area (TPSA) is 427 Å². The number of anilines is 2. The van der Waals surface area contributed by atoms with Crippen molar-refractivity contribution in [3.05, 3.63) is 198 Å². The van der Waals surface area contributed by atoms with E-state index in [4.69, 9.17) is 69.3 Å². The smallest absolute Gasteiger partial charge is 0.857 e. The molecule has 0 heterocycles. The number of nitrogen functional groups attached to an aromatic ring is 2. The van der Waals surface area contributed by atoms with E-state index < -0.39 is 50.3 Å². The summed E-state index contributed by atoms with van der Waals surface area (Å²) >= 11 is 9.27. The van der Waals surface area contributed by atoms with Crippen LogP contribution in [0.4, 0.5) is 47.3 Å². The van der Waals surface area contributed by atoms with Gasteiger partial charge in [-0.15, -0.1) is 12.4 Å². The van der Waals surface area contributed by atoms with E-state index in [2.05, 4.69) is 47.8 Å². The second kappa shape index (κ2) is 88.6. The number of halogens is 7. The molecule has 97 heavy (non-hydrogen) atoms. The molecule has 0 amide bonds. The summed E-state index contributed by atoms with van der Waals surface area (Å²) in [7, 11) is 6.16. The Morgan fingerprint density at radius 2 is 0.753 bits per heavy atom. The number of alkyl halides is 1. The zero-order valence-corrected chi connectivity index (χ0v) is 63.9. The minimum absolute atomic E-state index is 0. The van der Waals surface area contributed by atoms with Gasteiger partial charge in [0.05, 0.1) is 90.8 Å². The normalized spacial score (nSPS) is 7.60. The number of hydrogen-bond donors (Lipinski definition) is 5. The Balaban J connectivity index is -0.0000000551. The first kappa shape index (κ1) is 126. The number of hydrogen-bond acceptors (Lipinski definition) is 20. The quantitative estimate of drug-likeness (QED) is 0.0279. The molecule has 0 spiro atoms. The number of nitrogens with zero attached hydrogens (tertiary/aromatic N) is 6. The van der Waals surface area contributed by atoms with Gasteiger partial charge in [-0.1, -0.05) is 153 Å². The number of aromatic carboxylic acids is 2. The number of aliphatic hydroxyl groups is 1. The number of nitrogens with two attached hydrogens (primary N) is 2. The van der Waals surface area contributed by atoms with E-state index >= 15 is 0 Å². The van der Waals surface area contributed by atoms with Gasteiger partial charge in [0.1, 0.15) is 11.6 Å². The summed E-state index contributed by atoms with van der Waals surface area (Å²) in [5.74, 6) is -2.68. The Hall–Kier alpha value is -7.40. The Morgan fingerprint density at radius 1 is 0.505 bits per heavy atom. The van der Waals surface area contributed by atoms with Crippen LogP contribution in [0.15, 0.2) is 123 Å². The minimum Gasteiger partial charge on any atom is -0.857 e. The van der Waals surface area contributed by atoms with E-state index in [0.29, 0.717) is 25.9 Å². The van der Waals surface area contributed by atoms with Gasteiger partial charge in [-0.3, -0.25) is 44.8 Å². The van der Waals surface area contributed by atoms with E-state index in [-0.39, 0.29) is 138 Å². The summed E-state index contributed by atoms with van der Waals surface area (Å²) in [4.78, 5) is 59.9. The van der Waals surface area contributed by atoms with Gasteiger partial charge < -0.3 is 62.7 Å². The number of carboxylic acid groups (broad SMARTS) is 2. The van der Waals surface area contributed by atoms with Crippen LogP contribution in [0.25, 0.3) is 0 Å². The van der Waals surface area contributed by atoms with Gasteiger partial charge in [0.2, 0.25) is 5.82 Å². The molecule has 0 saturated carbocycles. The number of nitro groups is 4. The van der Waals surface area contributed by atoms with Gasteiger partial charge in [-0.05, 0) is 66.7 Å². The second-order valence-corrected chi connectivity index (χ2v) is 15.3. The van der Waals surface area contributed by atoms with Crippen LogP contribution < -0.4 is 65.1 Å². The molecule has 0 bridgehead atoms. The molecule has 0 aliphatic carbocycles. The number of methoxy groups -OCH3 is 4. The molecule has 0 fully saturated rings. The fourth-order valence-corrected chi connectivity index (χ4v) is 5.64. The summed E-state index contributed by atoms with van der Waals surface area (Å²) in [5, 5.41) is 88.6. The summed E-state index contributed by atoms with van der Waals surface area (Å²) in [6.45, 7) is 28.8. The Labute approximate surface area is 635 Å². The fourth-order valence-electron chi connectivity index (χ4n) is 4.64. The molecule has 35 heteroatoms. The second-order valence-electron chi connectivity index (χ2n) is 12.6. The number of nitro benzene ring substituents is 4. The third-order valence-corrected chi connectivity index (χ3v) is 9.50. The molecule has 0 aliphatic heterocycles. The van der Waals surface area contributed by atoms with Gasteiger partial charge in [-0.2, -0.15) is 16.8 Å². The third kappa shape index (κ3) is 60.7. The van der Waals surface area contributed by atoms with Crippen molar-refractivity contribution in [1.82, 2.24) is 0 Å².